The number of ether oxygens (including phenoxy) is 1. The van der Waals surface area contributed by atoms with E-state index in [4.69, 9.17) is 9.57 Å². The maximum absolute atomic E-state index is 12.8. The highest BCUT2D eigenvalue weighted by Gasteiger charge is 2.38. The van der Waals surface area contributed by atoms with E-state index >= 15 is 0 Å². The van der Waals surface area contributed by atoms with Gasteiger partial charge in [-0.3, -0.25) is 19.7 Å². The Kier molecular flexibility index (Phi) is 4.19. The van der Waals surface area contributed by atoms with Crippen LogP contribution < -0.4 is 4.74 Å². The number of carbonyl (C=O) groups excluding carboxylic acids is 3. The summed E-state index contributed by atoms with van der Waals surface area (Å²) in [5.74, 6) is -2.53. The first-order valence-corrected chi connectivity index (χ1v) is 8.38. The Morgan fingerprint density at radius 2 is 1.66 bits per heavy atom. The van der Waals surface area contributed by atoms with Crippen LogP contribution >= 0.6 is 0 Å². The third-order valence-corrected chi connectivity index (χ3v) is 4.55. The molecule has 0 bridgehead atoms. The predicted molar refractivity (Wildman–Crippen MR) is 99.5 cm³/mol. The van der Waals surface area contributed by atoms with Crippen molar-refractivity contribution in [1.82, 2.24) is 5.06 Å². The molecule has 29 heavy (non-hydrogen) atoms. The molecule has 9 nitrogen and oxygen atoms in total. The predicted octanol–water partition coefficient (Wildman–Crippen LogP) is 3.12. The van der Waals surface area contributed by atoms with Crippen LogP contribution in [-0.4, -0.2) is 34.9 Å². The molecule has 0 saturated heterocycles. The van der Waals surface area contributed by atoms with Crippen LogP contribution in [0.1, 0.15) is 31.1 Å². The standard InChI is InChI=1S/C20H12N2O7/c1-28-16-8-3-2-5-12(16)20(25)29-21-18(23)13-7-4-6-11-15(22(26)27)10-9-14(17(11)13)19(21)24/h2-10H,1H3. The number of benzene rings is 3. The van der Waals surface area contributed by atoms with Gasteiger partial charge >= 0.3 is 5.97 Å². The SMILES string of the molecule is COc1ccccc1C(=O)ON1C(=O)c2cccc3c([N+](=O)[O-])ccc(c23)C1=O. The van der Waals surface area contributed by atoms with Crippen LogP contribution in [0, 0.1) is 10.1 Å². The molecule has 0 atom stereocenters. The number of carbonyl (C=O) groups is 3. The number of nitro benzene ring substituents is 1. The lowest BCUT2D eigenvalue weighted by Crippen LogP contribution is -2.41. The Bertz CT molecular complexity index is 1200. The van der Waals surface area contributed by atoms with E-state index in [1.807, 2.05) is 0 Å². The van der Waals surface area contributed by atoms with Gasteiger partial charge in [-0.1, -0.05) is 23.3 Å². The van der Waals surface area contributed by atoms with Crippen molar-refractivity contribution in [2.24, 2.45) is 0 Å². The number of nitro groups is 1. The van der Waals surface area contributed by atoms with Crippen LogP contribution in [0.2, 0.25) is 0 Å². The normalized spacial score (nSPS) is 12.8. The van der Waals surface area contributed by atoms with Gasteiger partial charge in [0.1, 0.15) is 11.3 Å². The maximum atomic E-state index is 12.8. The van der Waals surface area contributed by atoms with Crippen molar-refractivity contribution in [1.29, 1.82) is 0 Å². The Balaban J connectivity index is 1.78. The summed E-state index contributed by atoms with van der Waals surface area (Å²) in [7, 11) is 1.37. The Morgan fingerprint density at radius 1 is 0.966 bits per heavy atom. The van der Waals surface area contributed by atoms with Crippen molar-refractivity contribution in [3.05, 3.63) is 81.4 Å². The lowest BCUT2D eigenvalue weighted by atomic mass is 9.94. The van der Waals surface area contributed by atoms with Crippen LogP contribution in [0.25, 0.3) is 10.8 Å². The van der Waals surface area contributed by atoms with E-state index in [9.17, 15) is 24.5 Å². The molecule has 144 valence electrons. The van der Waals surface area contributed by atoms with E-state index in [0.717, 1.165) is 0 Å². The van der Waals surface area contributed by atoms with Gasteiger partial charge in [-0.15, -0.1) is 0 Å². The number of hydrogen-bond donors (Lipinski definition) is 0. The minimum Gasteiger partial charge on any atom is -0.496 e. The summed E-state index contributed by atoms with van der Waals surface area (Å²) in [5.41, 5.74) is -0.156. The van der Waals surface area contributed by atoms with Gasteiger partial charge in [0.15, 0.2) is 0 Å². The smallest absolute Gasteiger partial charge is 0.367 e. The maximum Gasteiger partial charge on any atom is 0.367 e. The number of methoxy groups -OCH3 is 1. The zero-order valence-electron chi connectivity index (χ0n) is 14.9. The largest absolute Gasteiger partial charge is 0.496 e. The van der Waals surface area contributed by atoms with E-state index in [1.54, 1.807) is 12.1 Å². The topological polar surface area (TPSA) is 116 Å². The fraction of sp³-hybridized carbons (Fsp3) is 0.0500. The Labute approximate surface area is 163 Å². The average Bonchev–Trinajstić information content (AvgIpc) is 2.74. The van der Waals surface area contributed by atoms with Crippen molar-refractivity contribution >= 4 is 34.2 Å². The highest BCUT2D eigenvalue weighted by atomic mass is 16.7. The molecule has 1 aliphatic rings. The van der Waals surface area contributed by atoms with Crippen LogP contribution in [0.5, 0.6) is 5.75 Å². The fourth-order valence-corrected chi connectivity index (χ4v) is 3.25. The molecule has 0 spiro atoms. The first-order chi connectivity index (χ1) is 13.9. The van der Waals surface area contributed by atoms with Crippen LogP contribution in [-0.2, 0) is 4.84 Å². The van der Waals surface area contributed by atoms with Gasteiger partial charge in [-0.25, -0.2) is 4.79 Å². The number of imide groups is 1. The lowest BCUT2D eigenvalue weighted by molar-refractivity contribution is -0.383. The molecule has 0 radical (unpaired) electrons. The molecule has 3 aromatic carbocycles. The van der Waals surface area contributed by atoms with Gasteiger partial charge in [-0.05, 0) is 30.3 Å². The number of para-hydroxylation sites is 1. The highest BCUT2D eigenvalue weighted by Crippen LogP contribution is 2.35. The molecule has 0 fully saturated rings. The van der Waals surface area contributed by atoms with E-state index < -0.39 is 22.7 Å². The van der Waals surface area contributed by atoms with Gasteiger partial charge in [0, 0.05) is 11.5 Å². The first-order valence-electron chi connectivity index (χ1n) is 8.38. The quantitative estimate of drug-likeness (QED) is 0.380. The molecule has 0 unspecified atom stereocenters. The highest BCUT2D eigenvalue weighted by molar-refractivity contribution is 6.26. The summed E-state index contributed by atoms with van der Waals surface area (Å²) in [5, 5.41) is 11.9. The average molecular weight is 392 g/mol. The second kappa shape index (κ2) is 6.71. The molecule has 0 aliphatic carbocycles. The summed E-state index contributed by atoms with van der Waals surface area (Å²) in [6.07, 6.45) is 0. The molecule has 1 heterocycles. The van der Waals surface area contributed by atoms with Gasteiger partial charge in [0.05, 0.1) is 28.5 Å². The zero-order valence-corrected chi connectivity index (χ0v) is 14.9. The molecule has 2 amide bonds. The van der Waals surface area contributed by atoms with Crippen molar-refractivity contribution in [2.75, 3.05) is 7.11 Å². The number of non-ortho nitro benzene ring substituents is 1. The lowest BCUT2D eigenvalue weighted by Gasteiger charge is -2.25. The van der Waals surface area contributed by atoms with E-state index in [1.165, 1.54) is 49.6 Å². The van der Waals surface area contributed by atoms with Crippen molar-refractivity contribution < 1.29 is 28.9 Å². The van der Waals surface area contributed by atoms with Gasteiger partial charge < -0.3 is 9.57 Å². The number of hydrogen-bond acceptors (Lipinski definition) is 7. The Morgan fingerprint density at radius 3 is 2.34 bits per heavy atom. The van der Waals surface area contributed by atoms with Crippen LogP contribution in [0.15, 0.2) is 54.6 Å². The van der Waals surface area contributed by atoms with Gasteiger partial charge in [0.2, 0.25) is 0 Å². The zero-order chi connectivity index (χ0) is 20.7. The van der Waals surface area contributed by atoms with Crippen molar-refractivity contribution in [3.63, 3.8) is 0 Å². The summed E-state index contributed by atoms with van der Waals surface area (Å²) < 4.78 is 5.09. The number of hydroxylamine groups is 2. The third kappa shape index (κ3) is 2.76. The van der Waals surface area contributed by atoms with Crippen molar-refractivity contribution in [2.45, 2.75) is 0 Å². The van der Waals surface area contributed by atoms with E-state index in [2.05, 4.69) is 0 Å². The molecule has 4 rings (SSSR count). The minimum atomic E-state index is -0.957. The molecule has 0 aromatic heterocycles. The number of nitrogens with zero attached hydrogens (tertiary/aromatic N) is 2. The summed E-state index contributed by atoms with van der Waals surface area (Å²) in [6.45, 7) is 0. The molecular weight excluding hydrogens is 380 g/mol. The fourth-order valence-electron chi connectivity index (χ4n) is 3.25. The van der Waals surface area contributed by atoms with E-state index in [-0.39, 0.29) is 38.9 Å². The molecule has 9 heteroatoms. The second-order valence-corrected chi connectivity index (χ2v) is 6.10. The summed E-state index contributed by atoms with van der Waals surface area (Å²) in [4.78, 5) is 54.0. The number of amides is 2. The van der Waals surface area contributed by atoms with Crippen LogP contribution in [0.4, 0.5) is 5.69 Å². The molecule has 0 N–H and O–H groups in total. The summed E-state index contributed by atoms with van der Waals surface area (Å²) >= 11 is 0. The van der Waals surface area contributed by atoms with Gasteiger partial charge in [-0.2, -0.15) is 0 Å². The molecule has 3 aromatic rings. The van der Waals surface area contributed by atoms with E-state index in [0.29, 0.717) is 5.06 Å². The Hall–Kier alpha value is -4.27. The molecule has 0 saturated carbocycles. The molecule has 1 aliphatic heterocycles. The van der Waals surface area contributed by atoms with Crippen molar-refractivity contribution in [3.8, 4) is 5.75 Å². The third-order valence-electron chi connectivity index (χ3n) is 4.55. The molecular formula is C20H12N2O7. The van der Waals surface area contributed by atoms with Crippen LogP contribution in [0.3, 0.4) is 0 Å². The van der Waals surface area contributed by atoms with Gasteiger partial charge in [0.25, 0.3) is 17.5 Å². The minimum absolute atomic E-state index is 0.0219. The second-order valence-electron chi connectivity index (χ2n) is 6.10. The first kappa shape index (κ1) is 18.1. The number of rotatable bonds is 4. The summed E-state index contributed by atoms with van der Waals surface area (Å²) in [6, 6.07) is 12.9. The monoisotopic (exact) mass is 392 g/mol.